The molecule has 0 saturated heterocycles. The number of carbonyl (C=O) groups is 1. The molecule has 1 atom stereocenters. The molecule has 164 valence electrons. The Morgan fingerprint density at radius 3 is 2.10 bits per heavy atom. The maximum Gasteiger partial charge on any atom is 0.186 e. The molecule has 0 aliphatic heterocycles. The highest BCUT2D eigenvalue weighted by molar-refractivity contribution is 7.13. The molecule has 0 amide bonds. The van der Waals surface area contributed by atoms with Gasteiger partial charge < -0.3 is 0 Å². The molecule has 2 aliphatic carbocycles. The van der Waals surface area contributed by atoms with Crippen molar-refractivity contribution in [1.29, 1.82) is 0 Å². The van der Waals surface area contributed by atoms with E-state index in [2.05, 4.69) is 84.8 Å². The standard InChI is InChI=1S/C27H34N2OS/c1-17-9-12-20(13-10-17)28-29-24(23-14-11-18(2)31-23)19-15-21(26(3,4)5)25(30)22(16-19)27(6,7)8/h9,11-17H,10H2,1-8H3. The van der Waals surface area contributed by atoms with Crippen LogP contribution in [0.25, 0.3) is 5.70 Å². The zero-order valence-corrected chi connectivity index (χ0v) is 20.9. The topological polar surface area (TPSA) is 41.8 Å². The van der Waals surface area contributed by atoms with Crippen molar-refractivity contribution in [3.05, 3.63) is 74.7 Å². The Morgan fingerprint density at radius 2 is 1.65 bits per heavy atom. The minimum atomic E-state index is -0.258. The van der Waals surface area contributed by atoms with Crippen molar-refractivity contribution in [2.24, 2.45) is 27.0 Å². The van der Waals surface area contributed by atoms with Crippen LogP contribution in [0.1, 0.15) is 64.6 Å². The SMILES string of the molecule is Cc1ccc(C(N=NC2=CCC(C)C=C2)=C2C=C(C(C)(C)C)C(=O)C(C(C)(C)C)=C2)s1. The van der Waals surface area contributed by atoms with E-state index in [0.29, 0.717) is 5.92 Å². The maximum absolute atomic E-state index is 13.3. The summed E-state index contributed by atoms with van der Waals surface area (Å²) in [6.07, 6.45) is 11.4. The summed E-state index contributed by atoms with van der Waals surface area (Å²) in [4.78, 5) is 15.6. The second-order valence-electron chi connectivity index (χ2n) is 10.6. The molecule has 0 N–H and O–H groups in total. The summed E-state index contributed by atoms with van der Waals surface area (Å²) in [6, 6.07) is 4.20. The van der Waals surface area contributed by atoms with Crippen molar-refractivity contribution >= 4 is 22.8 Å². The maximum atomic E-state index is 13.3. The van der Waals surface area contributed by atoms with E-state index in [0.717, 1.165) is 39.4 Å². The van der Waals surface area contributed by atoms with Gasteiger partial charge in [-0.2, -0.15) is 5.11 Å². The Hall–Kier alpha value is -2.33. The lowest BCUT2D eigenvalue weighted by atomic mass is 9.71. The van der Waals surface area contributed by atoms with E-state index in [1.54, 1.807) is 11.3 Å². The van der Waals surface area contributed by atoms with Gasteiger partial charge in [0.15, 0.2) is 5.78 Å². The average Bonchev–Trinajstić information content (AvgIpc) is 3.08. The third-order valence-corrected chi connectivity index (χ3v) is 6.52. The van der Waals surface area contributed by atoms with Crippen LogP contribution < -0.4 is 0 Å². The Kier molecular flexibility index (Phi) is 6.52. The van der Waals surface area contributed by atoms with Crippen molar-refractivity contribution in [1.82, 2.24) is 0 Å². The molecule has 0 radical (unpaired) electrons. The van der Waals surface area contributed by atoms with Gasteiger partial charge in [-0.15, -0.1) is 16.5 Å². The van der Waals surface area contributed by atoms with Crippen LogP contribution in [0.5, 0.6) is 0 Å². The van der Waals surface area contributed by atoms with Crippen LogP contribution in [0.2, 0.25) is 0 Å². The van der Waals surface area contributed by atoms with Crippen molar-refractivity contribution < 1.29 is 4.79 Å². The Balaban J connectivity index is 2.21. The fraction of sp³-hybridized carbons (Fsp3) is 0.444. The number of thiophene rings is 1. The largest absolute Gasteiger partial charge is 0.289 e. The molecule has 1 heterocycles. The first-order valence-corrected chi connectivity index (χ1v) is 11.8. The van der Waals surface area contributed by atoms with Gasteiger partial charge in [-0.1, -0.05) is 60.6 Å². The first-order chi connectivity index (χ1) is 14.4. The molecule has 0 spiro atoms. The summed E-state index contributed by atoms with van der Waals surface area (Å²) in [5, 5.41) is 9.31. The third kappa shape index (κ3) is 5.48. The molecule has 31 heavy (non-hydrogen) atoms. The van der Waals surface area contributed by atoms with Crippen LogP contribution in [0.15, 0.2) is 75.2 Å². The average molecular weight is 435 g/mol. The van der Waals surface area contributed by atoms with E-state index < -0.39 is 0 Å². The fourth-order valence-electron chi connectivity index (χ4n) is 3.59. The minimum absolute atomic E-state index is 0.134. The van der Waals surface area contributed by atoms with Gasteiger partial charge in [0.1, 0.15) is 5.70 Å². The highest BCUT2D eigenvalue weighted by Gasteiger charge is 2.34. The lowest BCUT2D eigenvalue weighted by Crippen LogP contribution is -2.28. The van der Waals surface area contributed by atoms with E-state index >= 15 is 0 Å². The van der Waals surface area contributed by atoms with Crippen molar-refractivity contribution in [3.63, 3.8) is 0 Å². The van der Waals surface area contributed by atoms with Gasteiger partial charge in [0, 0.05) is 21.6 Å². The van der Waals surface area contributed by atoms with E-state index in [9.17, 15) is 4.79 Å². The van der Waals surface area contributed by atoms with Crippen LogP contribution in [-0.4, -0.2) is 5.78 Å². The molecule has 0 saturated carbocycles. The molecule has 1 aromatic rings. The van der Waals surface area contributed by atoms with Gasteiger partial charge in [0.2, 0.25) is 0 Å². The van der Waals surface area contributed by atoms with Gasteiger partial charge in [-0.25, -0.2) is 0 Å². The van der Waals surface area contributed by atoms with Crippen LogP contribution in [0.4, 0.5) is 0 Å². The predicted molar refractivity (Wildman–Crippen MR) is 132 cm³/mol. The summed E-state index contributed by atoms with van der Waals surface area (Å²) in [7, 11) is 0. The molecule has 0 aromatic carbocycles. The molecule has 3 rings (SSSR count). The number of hydrogen-bond acceptors (Lipinski definition) is 4. The zero-order valence-electron chi connectivity index (χ0n) is 20.0. The minimum Gasteiger partial charge on any atom is -0.289 e. The van der Waals surface area contributed by atoms with Crippen LogP contribution in [-0.2, 0) is 4.79 Å². The van der Waals surface area contributed by atoms with Gasteiger partial charge in [-0.3, -0.25) is 4.79 Å². The van der Waals surface area contributed by atoms with Crippen LogP contribution in [0.3, 0.4) is 0 Å². The van der Waals surface area contributed by atoms with Crippen molar-refractivity contribution in [2.75, 3.05) is 0 Å². The van der Waals surface area contributed by atoms with E-state index in [4.69, 9.17) is 5.11 Å². The highest BCUT2D eigenvalue weighted by atomic mass is 32.1. The second kappa shape index (κ2) is 8.66. The summed E-state index contributed by atoms with van der Waals surface area (Å²) < 4.78 is 0. The van der Waals surface area contributed by atoms with Gasteiger partial charge in [0.25, 0.3) is 0 Å². The molecule has 4 heteroatoms. The molecule has 1 unspecified atom stereocenters. The normalized spacial score (nSPS) is 20.1. The fourth-order valence-corrected chi connectivity index (χ4v) is 4.46. The summed E-state index contributed by atoms with van der Waals surface area (Å²) >= 11 is 1.70. The molecular weight excluding hydrogens is 400 g/mol. The number of azo groups is 1. The summed E-state index contributed by atoms with van der Waals surface area (Å²) in [6.45, 7) is 16.8. The number of nitrogens with zero attached hydrogens (tertiary/aromatic N) is 2. The number of carbonyl (C=O) groups excluding carboxylic acids is 1. The summed E-state index contributed by atoms with van der Waals surface area (Å²) in [5.41, 5.74) is 3.78. The Labute approximate surface area is 191 Å². The summed E-state index contributed by atoms with van der Waals surface area (Å²) in [5.74, 6) is 0.671. The third-order valence-electron chi connectivity index (χ3n) is 5.51. The Morgan fingerprint density at radius 1 is 1.03 bits per heavy atom. The quantitative estimate of drug-likeness (QED) is 0.442. The first kappa shape index (κ1) is 23.3. The molecule has 0 fully saturated rings. The first-order valence-electron chi connectivity index (χ1n) is 11.0. The second-order valence-corrected chi connectivity index (χ2v) is 11.8. The van der Waals surface area contributed by atoms with Crippen molar-refractivity contribution in [3.8, 4) is 0 Å². The van der Waals surface area contributed by atoms with Gasteiger partial charge >= 0.3 is 0 Å². The molecule has 3 nitrogen and oxygen atoms in total. The number of aryl methyl sites for hydroxylation is 1. The van der Waals surface area contributed by atoms with Gasteiger partial charge in [0.05, 0.1) is 10.6 Å². The number of rotatable bonds is 3. The molecular formula is C27H34N2OS. The van der Waals surface area contributed by atoms with Gasteiger partial charge in [-0.05, 0) is 60.5 Å². The number of allylic oxidation sites excluding steroid dienone is 8. The molecule has 2 aliphatic rings. The lowest BCUT2D eigenvalue weighted by Gasteiger charge is -2.31. The number of Topliss-reactive ketones (excluding diaryl/α,β-unsaturated/α-hetero) is 1. The lowest BCUT2D eigenvalue weighted by molar-refractivity contribution is -0.114. The van der Waals surface area contributed by atoms with E-state index in [1.807, 2.05) is 18.2 Å². The smallest absolute Gasteiger partial charge is 0.186 e. The zero-order chi connectivity index (χ0) is 23.0. The number of hydrogen-bond donors (Lipinski definition) is 0. The number of ketones is 1. The van der Waals surface area contributed by atoms with E-state index in [-0.39, 0.29) is 16.6 Å². The Bertz CT molecular complexity index is 1020. The van der Waals surface area contributed by atoms with E-state index in [1.165, 1.54) is 4.88 Å². The van der Waals surface area contributed by atoms with Crippen molar-refractivity contribution in [2.45, 2.75) is 61.8 Å². The monoisotopic (exact) mass is 434 g/mol. The highest BCUT2D eigenvalue weighted by Crippen LogP contribution is 2.41. The molecule has 1 aromatic heterocycles. The predicted octanol–water partition coefficient (Wildman–Crippen LogP) is 8.23. The molecule has 0 bridgehead atoms. The van der Waals surface area contributed by atoms with Crippen LogP contribution >= 0.6 is 11.3 Å². The van der Waals surface area contributed by atoms with Crippen LogP contribution in [0, 0.1) is 23.7 Å².